The van der Waals surface area contributed by atoms with Crippen molar-refractivity contribution < 1.29 is 18.6 Å². The van der Waals surface area contributed by atoms with Crippen LogP contribution in [-0.4, -0.2) is 19.6 Å². The summed E-state index contributed by atoms with van der Waals surface area (Å²) in [6.45, 7) is -3.87. The quantitative estimate of drug-likeness (QED) is 0.658. The lowest BCUT2D eigenvalue weighted by Crippen LogP contribution is -2.21. The number of ether oxygens (including phenoxy) is 1. The number of carbonyl (C=O) groups excluding carboxylic acids is 1. The first-order valence-electron chi connectivity index (χ1n) is 4.50. The second-order valence-electron chi connectivity index (χ2n) is 2.94. The van der Waals surface area contributed by atoms with Gasteiger partial charge in [-0.25, -0.2) is 9.65 Å². The van der Waals surface area contributed by atoms with Crippen molar-refractivity contribution in [3.05, 3.63) is 28.7 Å². The highest BCUT2D eigenvalue weighted by molar-refractivity contribution is 9.10. The summed E-state index contributed by atoms with van der Waals surface area (Å²) >= 11 is 8.86. The minimum absolute atomic E-state index is 0.284. The van der Waals surface area contributed by atoms with Crippen molar-refractivity contribution in [1.29, 1.82) is 0 Å². The van der Waals surface area contributed by atoms with Crippen molar-refractivity contribution in [2.24, 2.45) is 0 Å². The van der Waals surface area contributed by atoms with Crippen LogP contribution in [-0.2, 0) is 14.1 Å². The van der Waals surface area contributed by atoms with E-state index in [-0.39, 0.29) is 6.54 Å². The summed E-state index contributed by atoms with van der Waals surface area (Å²) in [6, 6.07) is 6.62. The molecule has 0 saturated carbocycles. The van der Waals surface area contributed by atoms with E-state index >= 15 is 0 Å². The molecule has 0 fully saturated rings. The molecule has 17 heavy (non-hydrogen) atoms. The number of methoxy groups -OCH3 is 1. The van der Waals surface area contributed by atoms with E-state index in [4.69, 9.17) is 15.8 Å². The molecule has 8 heteroatoms. The van der Waals surface area contributed by atoms with Crippen LogP contribution in [0.15, 0.2) is 28.7 Å². The van der Waals surface area contributed by atoms with E-state index in [1.54, 1.807) is 24.3 Å². The number of esters is 1. The van der Waals surface area contributed by atoms with Crippen LogP contribution in [0.5, 0.6) is 5.75 Å². The fourth-order valence-corrected chi connectivity index (χ4v) is 2.35. The Kier molecular flexibility index (Phi) is 5.46. The highest BCUT2D eigenvalue weighted by Gasteiger charge is 2.21. The Hall–Kier alpha value is -0.550. The van der Waals surface area contributed by atoms with Gasteiger partial charge in [0.2, 0.25) is 0 Å². The van der Waals surface area contributed by atoms with Crippen LogP contribution in [0.2, 0.25) is 0 Å². The second kappa shape index (κ2) is 6.40. The summed E-state index contributed by atoms with van der Waals surface area (Å²) in [7, 11) is 1.22. The van der Waals surface area contributed by atoms with Gasteiger partial charge in [-0.3, -0.25) is 4.79 Å². The second-order valence-corrected chi connectivity index (χ2v) is 6.64. The van der Waals surface area contributed by atoms with E-state index in [9.17, 15) is 9.36 Å². The average molecular weight is 343 g/mol. The molecule has 0 aliphatic carbocycles. The molecule has 1 atom stereocenters. The lowest BCUT2D eigenvalue weighted by atomic mass is 10.3. The number of hydrogen-bond donors (Lipinski definition) is 1. The number of halogens is 2. The molecule has 0 bridgehead atoms. The van der Waals surface area contributed by atoms with E-state index in [1.165, 1.54) is 7.11 Å². The Balaban J connectivity index is 2.57. The fraction of sp³-hybridized carbons (Fsp3) is 0.222. The largest absolute Gasteiger partial charge is 0.468 e. The van der Waals surface area contributed by atoms with E-state index in [1.807, 2.05) is 0 Å². The Labute approximate surface area is 112 Å². The summed E-state index contributed by atoms with van der Waals surface area (Å²) in [5.41, 5.74) is 0. The van der Waals surface area contributed by atoms with Crippen LogP contribution < -0.4 is 9.61 Å². The van der Waals surface area contributed by atoms with E-state index in [2.05, 4.69) is 25.8 Å². The summed E-state index contributed by atoms with van der Waals surface area (Å²) in [5, 5.41) is 2.29. The van der Waals surface area contributed by atoms with Gasteiger partial charge in [0.25, 0.3) is 0 Å². The number of carbonyl (C=O) groups is 1. The zero-order chi connectivity index (χ0) is 12.9. The van der Waals surface area contributed by atoms with E-state index in [0.717, 1.165) is 4.47 Å². The zero-order valence-electron chi connectivity index (χ0n) is 8.85. The van der Waals surface area contributed by atoms with E-state index < -0.39 is 12.8 Å². The van der Waals surface area contributed by atoms with Gasteiger partial charge in [-0.2, -0.15) is 0 Å². The normalized spacial score (nSPS) is 13.8. The van der Waals surface area contributed by atoms with Crippen LogP contribution in [0.25, 0.3) is 0 Å². The van der Waals surface area contributed by atoms with Crippen molar-refractivity contribution in [1.82, 2.24) is 5.09 Å². The molecule has 0 heterocycles. The van der Waals surface area contributed by atoms with Crippen molar-refractivity contribution in [3.63, 3.8) is 0 Å². The van der Waals surface area contributed by atoms with Crippen LogP contribution in [0.3, 0.4) is 0 Å². The smallest absolute Gasteiger partial charge is 0.409 e. The van der Waals surface area contributed by atoms with Gasteiger partial charge in [0.1, 0.15) is 12.3 Å². The van der Waals surface area contributed by atoms with Crippen LogP contribution in [0.1, 0.15) is 0 Å². The van der Waals surface area contributed by atoms with Gasteiger partial charge >= 0.3 is 12.8 Å². The molecule has 1 aromatic rings. The van der Waals surface area contributed by atoms with Gasteiger partial charge in [-0.15, -0.1) is 0 Å². The minimum atomic E-state index is -3.59. The zero-order valence-corrected chi connectivity index (χ0v) is 12.1. The molecule has 1 aromatic carbocycles. The molecule has 0 aromatic heterocycles. The topological polar surface area (TPSA) is 64.6 Å². The van der Waals surface area contributed by atoms with Gasteiger partial charge in [-0.1, -0.05) is 15.9 Å². The summed E-state index contributed by atoms with van der Waals surface area (Å²) in [4.78, 5) is 10.8. The van der Waals surface area contributed by atoms with Crippen molar-refractivity contribution >= 4 is 40.0 Å². The molecule has 0 spiro atoms. The number of nitrogens with one attached hydrogen (secondary N) is 1. The molecular formula is C9H10BrClNO4P. The first-order valence-corrected chi connectivity index (χ1v) is 7.82. The molecule has 1 unspecified atom stereocenters. The van der Waals surface area contributed by atoms with Gasteiger partial charge in [0.15, 0.2) is 0 Å². The predicted molar refractivity (Wildman–Crippen MR) is 68.2 cm³/mol. The van der Waals surface area contributed by atoms with Gasteiger partial charge in [0, 0.05) is 15.7 Å². The first-order chi connectivity index (χ1) is 7.93. The fourth-order valence-electron chi connectivity index (χ4n) is 0.894. The highest BCUT2D eigenvalue weighted by Crippen LogP contribution is 2.47. The molecule has 0 radical (unpaired) electrons. The SMILES string of the molecule is COC(=O)CNP(=O)(Cl)Oc1ccc(Br)cc1. The highest BCUT2D eigenvalue weighted by atomic mass is 79.9. The number of rotatable bonds is 5. The lowest BCUT2D eigenvalue weighted by Gasteiger charge is -2.13. The Morgan fingerprint density at radius 1 is 1.47 bits per heavy atom. The lowest BCUT2D eigenvalue weighted by molar-refractivity contribution is -0.139. The predicted octanol–water partition coefficient (Wildman–Crippen LogP) is 2.94. The number of hydrogen-bond acceptors (Lipinski definition) is 4. The maximum atomic E-state index is 11.7. The minimum Gasteiger partial charge on any atom is -0.468 e. The maximum Gasteiger partial charge on any atom is 0.409 e. The third-order valence-corrected chi connectivity index (χ3v) is 3.75. The third-order valence-electron chi connectivity index (χ3n) is 1.68. The molecule has 0 aliphatic heterocycles. The number of benzene rings is 1. The van der Waals surface area contributed by atoms with E-state index in [0.29, 0.717) is 5.75 Å². The Morgan fingerprint density at radius 2 is 2.06 bits per heavy atom. The summed E-state index contributed by atoms with van der Waals surface area (Å²) in [6.07, 6.45) is 0. The van der Waals surface area contributed by atoms with Gasteiger partial charge in [0.05, 0.1) is 7.11 Å². The summed E-state index contributed by atoms with van der Waals surface area (Å²) in [5.74, 6) is -0.241. The van der Waals surface area contributed by atoms with Crippen molar-refractivity contribution in [2.75, 3.05) is 13.7 Å². The molecule has 94 valence electrons. The van der Waals surface area contributed by atoms with Gasteiger partial charge in [-0.05, 0) is 24.3 Å². The molecule has 1 rings (SSSR count). The molecule has 5 nitrogen and oxygen atoms in total. The van der Waals surface area contributed by atoms with Crippen molar-refractivity contribution in [3.8, 4) is 5.75 Å². The molecule has 0 aliphatic rings. The molecule has 0 saturated heterocycles. The average Bonchev–Trinajstić information content (AvgIpc) is 2.29. The first kappa shape index (κ1) is 14.5. The maximum absolute atomic E-state index is 11.7. The third kappa shape index (κ3) is 5.55. The van der Waals surface area contributed by atoms with Crippen molar-refractivity contribution in [2.45, 2.75) is 0 Å². The molecular weight excluding hydrogens is 332 g/mol. The Morgan fingerprint density at radius 3 is 2.59 bits per heavy atom. The molecule has 1 N–H and O–H groups in total. The van der Waals surface area contributed by atoms with Crippen LogP contribution in [0.4, 0.5) is 0 Å². The standard InChI is InChI=1S/C9H10BrClNO4P/c1-15-9(13)6-12-17(11,14)16-8-4-2-7(10)3-5-8/h2-5H,6H2,1H3,(H,12,14). The molecule has 0 amide bonds. The van der Waals surface area contributed by atoms with Crippen LogP contribution >= 0.6 is 34.0 Å². The van der Waals surface area contributed by atoms with Gasteiger partial charge < -0.3 is 9.26 Å². The van der Waals surface area contributed by atoms with Crippen LogP contribution in [0, 0.1) is 0 Å². The Bertz CT molecular complexity index is 439. The monoisotopic (exact) mass is 341 g/mol. The summed E-state index contributed by atoms with van der Waals surface area (Å²) < 4.78 is 22.0.